The molecule has 2 N–H and O–H groups in total. The molecule has 0 fully saturated rings. The van der Waals surface area contributed by atoms with Crippen molar-refractivity contribution in [1.29, 1.82) is 0 Å². The monoisotopic (exact) mass is 258 g/mol. The third-order valence-electron chi connectivity index (χ3n) is 2.43. The molecule has 1 amide bonds. The van der Waals surface area contributed by atoms with Crippen LogP contribution in [0.4, 0.5) is 5.69 Å². The number of primary amides is 1. The number of nitro benzene ring substituents is 1. The van der Waals surface area contributed by atoms with Gasteiger partial charge in [0.25, 0.3) is 0 Å². The molecular weight excluding hydrogens is 248 g/mol. The molecule has 0 aliphatic carbocycles. The first kappa shape index (κ1) is 12.6. The zero-order chi connectivity index (χ0) is 13.8. The summed E-state index contributed by atoms with van der Waals surface area (Å²) in [5.74, 6) is -0.0177. The van der Waals surface area contributed by atoms with Crippen molar-refractivity contribution in [2.24, 2.45) is 5.73 Å². The molecule has 2 aromatic rings. The van der Waals surface area contributed by atoms with E-state index in [0.29, 0.717) is 11.3 Å². The normalized spacial score (nSPS) is 9.89. The van der Waals surface area contributed by atoms with Crippen molar-refractivity contribution in [1.82, 2.24) is 0 Å². The quantitative estimate of drug-likeness (QED) is 0.673. The summed E-state index contributed by atoms with van der Waals surface area (Å²) in [6.45, 7) is 0. The molecule has 2 rings (SSSR count). The van der Waals surface area contributed by atoms with Crippen LogP contribution >= 0.6 is 0 Å². The van der Waals surface area contributed by atoms with Gasteiger partial charge in [-0.3, -0.25) is 14.9 Å². The van der Waals surface area contributed by atoms with Gasteiger partial charge in [-0.1, -0.05) is 12.1 Å². The molecule has 0 saturated heterocycles. The van der Waals surface area contributed by atoms with Crippen molar-refractivity contribution < 1.29 is 14.5 Å². The molecule has 0 aromatic heterocycles. The van der Waals surface area contributed by atoms with E-state index < -0.39 is 10.8 Å². The molecule has 0 unspecified atom stereocenters. The van der Waals surface area contributed by atoms with Crippen LogP contribution in [0.5, 0.6) is 11.5 Å². The highest BCUT2D eigenvalue weighted by Gasteiger charge is 2.14. The third kappa shape index (κ3) is 2.86. The van der Waals surface area contributed by atoms with Crippen LogP contribution in [0.25, 0.3) is 0 Å². The summed E-state index contributed by atoms with van der Waals surface area (Å²) in [5, 5.41) is 10.8. The van der Waals surface area contributed by atoms with Crippen LogP contribution in [0.3, 0.4) is 0 Å². The topological polar surface area (TPSA) is 95.5 Å². The zero-order valence-corrected chi connectivity index (χ0v) is 9.78. The maximum Gasteiger partial charge on any atom is 0.311 e. The van der Waals surface area contributed by atoms with Crippen LogP contribution < -0.4 is 10.5 Å². The highest BCUT2D eigenvalue weighted by atomic mass is 16.6. The highest BCUT2D eigenvalue weighted by Crippen LogP contribution is 2.30. The molecular formula is C13H10N2O4. The number of amides is 1. The van der Waals surface area contributed by atoms with Crippen LogP contribution in [0.2, 0.25) is 0 Å². The van der Waals surface area contributed by atoms with Gasteiger partial charge in [0.15, 0.2) is 0 Å². The van der Waals surface area contributed by atoms with Gasteiger partial charge in [-0.2, -0.15) is 0 Å². The number of carbonyl (C=O) groups excluding carboxylic acids is 1. The molecule has 0 radical (unpaired) electrons. The van der Waals surface area contributed by atoms with E-state index in [1.165, 1.54) is 36.4 Å². The second-order valence-corrected chi connectivity index (χ2v) is 3.72. The summed E-state index contributed by atoms with van der Waals surface area (Å²) in [6, 6.07) is 12.1. The fourth-order valence-corrected chi connectivity index (χ4v) is 1.51. The largest absolute Gasteiger partial charge is 0.450 e. The molecule has 0 aliphatic heterocycles. The Kier molecular flexibility index (Phi) is 3.42. The number of nitrogens with zero attached hydrogens (tertiary/aromatic N) is 1. The Balaban J connectivity index is 2.26. The minimum absolute atomic E-state index is 0.124. The number of hydrogen-bond donors (Lipinski definition) is 1. The summed E-state index contributed by atoms with van der Waals surface area (Å²) >= 11 is 0. The fourth-order valence-electron chi connectivity index (χ4n) is 1.51. The second-order valence-electron chi connectivity index (χ2n) is 3.72. The molecule has 0 atom stereocenters. The Morgan fingerprint density at radius 3 is 2.32 bits per heavy atom. The van der Waals surface area contributed by atoms with Gasteiger partial charge in [-0.05, 0) is 30.3 Å². The Morgan fingerprint density at radius 1 is 1.11 bits per heavy atom. The van der Waals surface area contributed by atoms with Gasteiger partial charge in [0, 0.05) is 11.6 Å². The standard InChI is InChI=1S/C13H10N2O4/c14-13(16)9-5-7-10(8-6-9)19-12-4-2-1-3-11(12)15(17)18/h1-8H,(H2,14,16). The lowest BCUT2D eigenvalue weighted by Crippen LogP contribution is -2.10. The maximum atomic E-state index is 10.9. The van der Waals surface area contributed by atoms with Crippen molar-refractivity contribution in [3.05, 3.63) is 64.2 Å². The van der Waals surface area contributed by atoms with E-state index >= 15 is 0 Å². The van der Waals surface area contributed by atoms with Gasteiger partial charge < -0.3 is 10.5 Å². The minimum Gasteiger partial charge on any atom is -0.450 e. The Labute approximate surface area is 108 Å². The maximum absolute atomic E-state index is 10.9. The number of para-hydroxylation sites is 2. The Bertz CT molecular complexity index is 623. The first-order valence-electron chi connectivity index (χ1n) is 5.39. The average molecular weight is 258 g/mol. The van der Waals surface area contributed by atoms with E-state index in [2.05, 4.69) is 0 Å². The number of nitro groups is 1. The van der Waals surface area contributed by atoms with E-state index in [0.717, 1.165) is 0 Å². The van der Waals surface area contributed by atoms with Crippen molar-refractivity contribution in [2.45, 2.75) is 0 Å². The van der Waals surface area contributed by atoms with Crippen molar-refractivity contribution in [3.63, 3.8) is 0 Å². The molecule has 0 heterocycles. The number of benzene rings is 2. The minimum atomic E-state index is -0.544. The van der Waals surface area contributed by atoms with Crippen molar-refractivity contribution in [3.8, 4) is 11.5 Å². The molecule has 0 bridgehead atoms. The van der Waals surface area contributed by atoms with Crippen LogP contribution in [0.15, 0.2) is 48.5 Å². The fraction of sp³-hybridized carbons (Fsp3) is 0. The molecule has 6 nitrogen and oxygen atoms in total. The Hall–Kier alpha value is -2.89. The first-order valence-corrected chi connectivity index (χ1v) is 5.39. The predicted octanol–water partition coefficient (Wildman–Crippen LogP) is 2.49. The summed E-state index contributed by atoms with van der Waals surface area (Å²) < 4.78 is 5.41. The van der Waals surface area contributed by atoms with Crippen LogP contribution in [-0.4, -0.2) is 10.8 Å². The van der Waals surface area contributed by atoms with Crippen LogP contribution in [0, 0.1) is 10.1 Å². The van der Waals surface area contributed by atoms with Gasteiger partial charge in [0.2, 0.25) is 11.7 Å². The average Bonchev–Trinajstić information content (AvgIpc) is 2.39. The van der Waals surface area contributed by atoms with Gasteiger partial charge >= 0.3 is 5.69 Å². The lowest BCUT2D eigenvalue weighted by molar-refractivity contribution is -0.385. The highest BCUT2D eigenvalue weighted by molar-refractivity contribution is 5.92. The first-order chi connectivity index (χ1) is 9.08. The summed E-state index contributed by atoms with van der Waals surface area (Å²) in [5.41, 5.74) is 5.33. The summed E-state index contributed by atoms with van der Waals surface area (Å²) in [4.78, 5) is 21.2. The van der Waals surface area contributed by atoms with E-state index in [4.69, 9.17) is 10.5 Å². The lowest BCUT2D eigenvalue weighted by atomic mass is 10.2. The molecule has 0 spiro atoms. The van der Waals surface area contributed by atoms with Gasteiger partial charge in [0.05, 0.1) is 4.92 Å². The van der Waals surface area contributed by atoms with Crippen LogP contribution in [-0.2, 0) is 0 Å². The smallest absolute Gasteiger partial charge is 0.311 e. The molecule has 2 aromatic carbocycles. The molecule has 19 heavy (non-hydrogen) atoms. The molecule has 0 saturated carbocycles. The number of nitrogens with two attached hydrogens (primary N) is 1. The molecule has 96 valence electrons. The molecule has 0 aliphatic rings. The van der Waals surface area contributed by atoms with Gasteiger partial charge in [-0.15, -0.1) is 0 Å². The number of rotatable bonds is 4. The van der Waals surface area contributed by atoms with E-state index in [1.807, 2.05) is 0 Å². The summed E-state index contributed by atoms with van der Waals surface area (Å²) in [7, 11) is 0. The predicted molar refractivity (Wildman–Crippen MR) is 68.1 cm³/mol. The SMILES string of the molecule is NC(=O)c1ccc(Oc2ccccc2[N+](=O)[O-])cc1. The second kappa shape index (κ2) is 5.18. The van der Waals surface area contributed by atoms with Crippen LogP contribution in [0.1, 0.15) is 10.4 Å². The van der Waals surface area contributed by atoms with E-state index in [1.54, 1.807) is 12.1 Å². The number of hydrogen-bond acceptors (Lipinski definition) is 4. The van der Waals surface area contributed by atoms with E-state index in [9.17, 15) is 14.9 Å². The molecule has 6 heteroatoms. The number of carbonyl (C=O) groups is 1. The van der Waals surface area contributed by atoms with Gasteiger partial charge in [0.1, 0.15) is 5.75 Å². The summed E-state index contributed by atoms with van der Waals surface area (Å²) in [6.07, 6.45) is 0. The lowest BCUT2D eigenvalue weighted by Gasteiger charge is -2.06. The third-order valence-corrected chi connectivity index (χ3v) is 2.43. The van der Waals surface area contributed by atoms with E-state index in [-0.39, 0.29) is 11.4 Å². The van der Waals surface area contributed by atoms with Crippen molar-refractivity contribution in [2.75, 3.05) is 0 Å². The van der Waals surface area contributed by atoms with Gasteiger partial charge in [-0.25, -0.2) is 0 Å². The zero-order valence-electron chi connectivity index (χ0n) is 9.78. The number of ether oxygens (including phenoxy) is 1. The van der Waals surface area contributed by atoms with Crippen molar-refractivity contribution >= 4 is 11.6 Å². The Morgan fingerprint density at radius 2 is 1.74 bits per heavy atom.